The molecule has 0 aliphatic carbocycles. The van der Waals surface area contributed by atoms with Crippen LogP contribution in [0.15, 0.2) is 4.99 Å². The molecular formula is C16H34N4S. The van der Waals surface area contributed by atoms with E-state index in [1.54, 1.807) is 0 Å². The largest absolute Gasteiger partial charge is 0.356 e. The zero-order valence-electron chi connectivity index (χ0n) is 14.6. The highest BCUT2D eigenvalue weighted by molar-refractivity contribution is 8.00. The van der Waals surface area contributed by atoms with Gasteiger partial charge in [-0.15, -0.1) is 0 Å². The average Bonchev–Trinajstić information content (AvgIpc) is 2.51. The van der Waals surface area contributed by atoms with Crippen LogP contribution in [-0.2, 0) is 0 Å². The van der Waals surface area contributed by atoms with Crippen molar-refractivity contribution in [2.45, 2.75) is 39.4 Å². The first-order chi connectivity index (χ1) is 10.1. The smallest absolute Gasteiger partial charge is 0.193 e. The second kappa shape index (κ2) is 10.3. The lowest BCUT2D eigenvalue weighted by Gasteiger charge is -2.36. The van der Waals surface area contributed by atoms with Gasteiger partial charge in [0, 0.05) is 37.7 Å². The molecule has 1 rings (SSSR count). The molecule has 0 spiro atoms. The second-order valence-electron chi connectivity index (χ2n) is 5.95. The van der Waals surface area contributed by atoms with Gasteiger partial charge in [-0.2, -0.15) is 11.8 Å². The van der Waals surface area contributed by atoms with Gasteiger partial charge in [0.05, 0.1) is 0 Å². The maximum atomic E-state index is 4.47. The van der Waals surface area contributed by atoms with E-state index in [-0.39, 0.29) is 0 Å². The Hall–Kier alpha value is -0.420. The predicted molar refractivity (Wildman–Crippen MR) is 96.4 cm³/mol. The number of guanidine groups is 1. The van der Waals surface area contributed by atoms with Gasteiger partial charge in [-0.05, 0) is 32.0 Å². The molecule has 1 N–H and O–H groups in total. The van der Waals surface area contributed by atoms with Crippen LogP contribution in [0.3, 0.4) is 0 Å². The first-order valence-electron chi connectivity index (χ1n) is 8.41. The summed E-state index contributed by atoms with van der Waals surface area (Å²) in [6, 6.07) is 0. The molecular weight excluding hydrogens is 280 g/mol. The van der Waals surface area contributed by atoms with Crippen LogP contribution < -0.4 is 5.32 Å². The zero-order valence-corrected chi connectivity index (χ0v) is 15.4. The van der Waals surface area contributed by atoms with E-state index in [2.05, 4.69) is 59.6 Å². The van der Waals surface area contributed by atoms with Crippen molar-refractivity contribution in [1.29, 1.82) is 0 Å². The number of aliphatic imine (C=N–C) groups is 1. The third kappa shape index (κ3) is 6.47. The Balaban J connectivity index is 2.34. The van der Waals surface area contributed by atoms with Gasteiger partial charge in [0.25, 0.3) is 0 Å². The summed E-state index contributed by atoms with van der Waals surface area (Å²) < 4.78 is 0. The fourth-order valence-electron chi connectivity index (χ4n) is 2.65. The van der Waals surface area contributed by atoms with Crippen LogP contribution in [0.1, 0.15) is 34.1 Å². The number of rotatable bonds is 7. The van der Waals surface area contributed by atoms with Crippen LogP contribution in [0, 0.1) is 5.92 Å². The number of thioether (sulfide) groups is 1. The first kappa shape index (κ1) is 18.6. The highest BCUT2D eigenvalue weighted by atomic mass is 32.2. The summed E-state index contributed by atoms with van der Waals surface area (Å²) in [7, 11) is 1.90. The molecule has 0 aromatic carbocycles. The topological polar surface area (TPSA) is 30.9 Å². The molecule has 0 radical (unpaired) electrons. The number of nitrogens with zero attached hydrogens (tertiary/aromatic N) is 3. The van der Waals surface area contributed by atoms with Gasteiger partial charge in [0.2, 0.25) is 0 Å². The fourth-order valence-corrected chi connectivity index (χ4v) is 3.94. The molecule has 5 heteroatoms. The van der Waals surface area contributed by atoms with E-state index in [0.29, 0.717) is 0 Å². The minimum Gasteiger partial charge on any atom is -0.356 e. The van der Waals surface area contributed by atoms with Gasteiger partial charge in [-0.25, -0.2) is 0 Å². The SMILES string of the molecule is CCN(CC)CCCNC(=NC)N1CCSC(C(C)C)C1. The number of nitrogens with one attached hydrogen (secondary N) is 1. The molecule has 0 saturated carbocycles. The zero-order chi connectivity index (χ0) is 15.7. The summed E-state index contributed by atoms with van der Waals surface area (Å²) in [5.74, 6) is 3.03. The van der Waals surface area contributed by atoms with Gasteiger partial charge in [0.1, 0.15) is 0 Å². The summed E-state index contributed by atoms with van der Waals surface area (Å²) in [6.45, 7) is 15.8. The van der Waals surface area contributed by atoms with E-state index >= 15 is 0 Å². The van der Waals surface area contributed by atoms with Crippen molar-refractivity contribution in [1.82, 2.24) is 15.1 Å². The van der Waals surface area contributed by atoms with Crippen molar-refractivity contribution in [3.63, 3.8) is 0 Å². The molecule has 1 aliphatic rings. The molecule has 1 unspecified atom stereocenters. The lowest BCUT2D eigenvalue weighted by Crippen LogP contribution is -2.49. The van der Waals surface area contributed by atoms with Crippen LogP contribution in [0.5, 0.6) is 0 Å². The lowest BCUT2D eigenvalue weighted by atomic mass is 10.1. The minimum absolute atomic E-state index is 0.730. The van der Waals surface area contributed by atoms with Crippen LogP contribution in [0.4, 0.5) is 0 Å². The molecule has 21 heavy (non-hydrogen) atoms. The molecule has 0 amide bonds. The second-order valence-corrected chi connectivity index (χ2v) is 7.30. The van der Waals surface area contributed by atoms with Crippen LogP contribution in [0.25, 0.3) is 0 Å². The molecule has 0 bridgehead atoms. The van der Waals surface area contributed by atoms with Crippen LogP contribution in [-0.4, -0.2) is 73.1 Å². The van der Waals surface area contributed by atoms with E-state index in [1.807, 2.05) is 7.05 Å². The Morgan fingerprint density at radius 3 is 2.67 bits per heavy atom. The number of hydrogen-bond acceptors (Lipinski definition) is 3. The standard InChI is InChI=1S/C16H34N4S/c1-6-19(7-2)10-8-9-18-16(17-5)20-11-12-21-15(13-20)14(3)4/h14-15H,6-13H2,1-5H3,(H,17,18). The Labute approximate surface area is 135 Å². The van der Waals surface area contributed by atoms with Crippen molar-refractivity contribution >= 4 is 17.7 Å². The summed E-state index contributed by atoms with van der Waals surface area (Å²) in [5.41, 5.74) is 0. The Morgan fingerprint density at radius 1 is 1.38 bits per heavy atom. The highest BCUT2D eigenvalue weighted by Gasteiger charge is 2.24. The van der Waals surface area contributed by atoms with Crippen molar-refractivity contribution in [2.24, 2.45) is 10.9 Å². The molecule has 124 valence electrons. The maximum Gasteiger partial charge on any atom is 0.193 e. The Bertz CT molecular complexity index is 303. The maximum absolute atomic E-state index is 4.47. The van der Waals surface area contributed by atoms with E-state index in [0.717, 1.165) is 49.9 Å². The predicted octanol–water partition coefficient (Wildman–Crippen LogP) is 2.37. The third-order valence-electron chi connectivity index (χ3n) is 4.18. The van der Waals surface area contributed by atoms with Crippen molar-refractivity contribution < 1.29 is 0 Å². The Kier molecular flexibility index (Phi) is 9.16. The molecule has 1 saturated heterocycles. The van der Waals surface area contributed by atoms with Gasteiger partial charge in [-0.1, -0.05) is 27.7 Å². The average molecular weight is 315 g/mol. The quantitative estimate of drug-likeness (QED) is 0.444. The van der Waals surface area contributed by atoms with Crippen molar-refractivity contribution in [3.05, 3.63) is 0 Å². The Morgan fingerprint density at radius 2 is 2.10 bits per heavy atom. The number of hydrogen-bond donors (Lipinski definition) is 1. The molecule has 1 atom stereocenters. The fraction of sp³-hybridized carbons (Fsp3) is 0.938. The van der Waals surface area contributed by atoms with Gasteiger partial charge in [0.15, 0.2) is 5.96 Å². The van der Waals surface area contributed by atoms with E-state index in [9.17, 15) is 0 Å². The van der Waals surface area contributed by atoms with Gasteiger partial charge >= 0.3 is 0 Å². The summed E-state index contributed by atoms with van der Waals surface area (Å²) in [4.78, 5) is 9.37. The van der Waals surface area contributed by atoms with Gasteiger partial charge in [-0.3, -0.25) is 4.99 Å². The summed E-state index contributed by atoms with van der Waals surface area (Å²) >= 11 is 2.11. The van der Waals surface area contributed by atoms with E-state index in [1.165, 1.54) is 18.7 Å². The van der Waals surface area contributed by atoms with E-state index in [4.69, 9.17) is 0 Å². The minimum atomic E-state index is 0.730. The van der Waals surface area contributed by atoms with Crippen molar-refractivity contribution in [2.75, 3.05) is 52.1 Å². The highest BCUT2D eigenvalue weighted by Crippen LogP contribution is 2.24. The van der Waals surface area contributed by atoms with Crippen molar-refractivity contribution in [3.8, 4) is 0 Å². The summed E-state index contributed by atoms with van der Waals surface area (Å²) in [6.07, 6.45) is 1.18. The molecule has 0 aromatic rings. The molecule has 1 aliphatic heterocycles. The lowest BCUT2D eigenvalue weighted by molar-refractivity contribution is 0.299. The monoisotopic (exact) mass is 314 g/mol. The van der Waals surface area contributed by atoms with Crippen LogP contribution in [0.2, 0.25) is 0 Å². The summed E-state index contributed by atoms with van der Waals surface area (Å²) in [5, 5.41) is 4.27. The molecule has 0 aromatic heterocycles. The first-order valence-corrected chi connectivity index (χ1v) is 9.46. The van der Waals surface area contributed by atoms with E-state index < -0.39 is 0 Å². The van der Waals surface area contributed by atoms with Crippen LogP contribution >= 0.6 is 11.8 Å². The third-order valence-corrected chi connectivity index (χ3v) is 5.72. The molecule has 1 heterocycles. The van der Waals surface area contributed by atoms with Gasteiger partial charge < -0.3 is 15.1 Å². The normalized spacial score (nSPS) is 20.4. The molecule has 4 nitrogen and oxygen atoms in total. The molecule has 1 fully saturated rings.